The zero-order valence-corrected chi connectivity index (χ0v) is 14.4. The topological polar surface area (TPSA) is 54.0 Å². The van der Waals surface area contributed by atoms with E-state index < -0.39 is 6.10 Å². The molecule has 2 aromatic rings. The molecule has 1 unspecified atom stereocenters. The number of rotatable bonds is 6. The summed E-state index contributed by atoms with van der Waals surface area (Å²) in [5.74, 6) is 2.19. The molecule has 25 heavy (non-hydrogen) atoms. The second-order valence-corrected chi connectivity index (χ2v) is 5.60. The number of hydrogen-bond donors (Lipinski definition) is 0. The van der Waals surface area contributed by atoms with Crippen LogP contribution < -0.4 is 18.9 Å². The fourth-order valence-corrected chi connectivity index (χ4v) is 2.61. The Bertz CT molecular complexity index is 810. The molecule has 0 N–H and O–H groups in total. The van der Waals surface area contributed by atoms with Crippen molar-refractivity contribution in [2.24, 2.45) is 0 Å². The summed E-state index contributed by atoms with van der Waals surface area (Å²) in [5, 5.41) is 0. The van der Waals surface area contributed by atoms with Crippen LogP contribution in [0, 0.1) is 0 Å². The van der Waals surface area contributed by atoms with Crippen LogP contribution in [-0.2, 0) is 0 Å². The summed E-state index contributed by atoms with van der Waals surface area (Å²) >= 11 is 0. The fourth-order valence-electron chi connectivity index (χ4n) is 2.61. The number of carbonyl (C=O) groups excluding carboxylic acids is 1. The summed E-state index contributed by atoms with van der Waals surface area (Å²) in [6, 6.07) is 10.7. The van der Waals surface area contributed by atoms with Gasteiger partial charge < -0.3 is 18.9 Å². The van der Waals surface area contributed by atoms with Gasteiger partial charge in [-0.2, -0.15) is 0 Å². The number of Topliss-reactive ketones (excluding diaryl/α,β-unsaturated/α-hetero) is 1. The molecular formula is C20H20O5. The van der Waals surface area contributed by atoms with Crippen molar-refractivity contribution in [2.45, 2.75) is 20.0 Å². The fraction of sp³-hybridized carbons (Fsp3) is 0.250. The van der Waals surface area contributed by atoms with Gasteiger partial charge >= 0.3 is 0 Å². The van der Waals surface area contributed by atoms with Crippen LogP contribution in [0.3, 0.4) is 0 Å². The standard InChI is InChI=1S/C20H20O5/c1-4-5-14-6-8-17(18(10-14)22-3)25-13(2)20(21)15-7-9-16-19(11-15)24-12-23-16/h4-11,13H,12H2,1-3H3/b5-4+. The van der Waals surface area contributed by atoms with E-state index in [1.54, 1.807) is 38.3 Å². The number of methoxy groups -OCH3 is 1. The van der Waals surface area contributed by atoms with Gasteiger partial charge in [0.05, 0.1) is 7.11 Å². The van der Waals surface area contributed by atoms with Crippen LogP contribution in [0.5, 0.6) is 23.0 Å². The van der Waals surface area contributed by atoms with Crippen molar-refractivity contribution >= 4 is 11.9 Å². The van der Waals surface area contributed by atoms with Crippen LogP contribution in [0.1, 0.15) is 29.8 Å². The SMILES string of the molecule is C/C=C/c1ccc(OC(C)C(=O)c2ccc3c(c2)OCO3)c(OC)c1. The van der Waals surface area contributed by atoms with Gasteiger partial charge in [0, 0.05) is 5.56 Å². The lowest BCUT2D eigenvalue weighted by Crippen LogP contribution is -2.24. The predicted octanol–water partition coefficient (Wildman–Crippen LogP) is 4.11. The number of ether oxygens (including phenoxy) is 4. The third-order valence-corrected chi connectivity index (χ3v) is 3.88. The van der Waals surface area contributed by atoms with Crippen LogP contribution in [0.25, 0.3) is 6.08 Å². The van der Waals surface area contributed by atoms with Gasteiger partial charge in [-0.15, -0.1) is 0 Å². The van der Waals surface area contributed by atoms with Crippen molar-refractivity contribution in [1.29, 1.82) is 0 Å². The summed E-state index contributed by atoms with van der Waals surface area (Å²) < 4.78 is 21.8. The molecule has 0 fully saturated rings. The Kier molecular flexibility index (Phi) is 4.93. The maximum absolute atomic E-state index is 12.6. The van der Waals surface area contributed by atoms with Crippen LogP contribution in [0.4, 0.5) is 0 Å². The molecule has 0 radical (unpaired) electrons. The van der Waals surface area contributed by atoms with Crippen molar-refractivity contribution < 1.29 is 23.7 Å². The average Bonchev–Trinajstić information content (AvgIpc) is 3.10. The second-order valence-electron chi connectivity index (χ2n) is 5.60. The number of ketones is 1. The van der Waals surface area contributed by atoms with Crippen LogP contribution >= 0.6 is 0 Å². The van der Waals surface area contributed by atoms with E-state index in [-0.39, 0.29) is 12.6 Å². The molecule has 1 heterocycles. The molecule has 0 amide bonds. The van der Waals surface area contributed by atoms with Crippen molar-refractivity contribution in [1.82, 2.24) is 0 Å². The maximum Gasteiger partial charge on any atom is 0.231 e. The highest BCUT2D eigenvalue weighted by atomic mass is 16.7. The lowest BCUT2D eigenvalue weighted by Gasteiger charge is -2.16. The van der Waals surface area contributed by atoms with Crippen LogP contribution in [-0.4, -0.2) is 25.8 Å². The van der Waals surface area contributed by atoms with Crippen molar-refractivity contribution in [3.8, 4) is 23.0 Å². The normalized spacial score (nSPS) is 13.7. The van der Waals surface area contributed by atoms with Gasteiger partial charge in [0.1, 0.15) is 0 Å². The monoisotopic (exact) mass is 340 g/mol. The van der Waals surface area contributed by atoms with Gasteiger partial charge in [-0.1, -0.05) is 18.2 Å². The van der Waals surface area contributed by atoms with Crippen molar-refractivity contribution in [3.63, 3.8) is 0 Å². The molecule has 0 aliphatic carbocycles. The van der Waals surface area contributed by atoms with E-state index in [4.69, 9.17) is 18.9 Å². The number of carbonyl (C=O) groups is 1. The highest BCUT2D eigenvalue weighted by Crippen LogP contribution is 2.34. The Labute approximate surface area is 146 Å². The smallest absolute Gasteiger partial charge is 0.231 e. The molecule has 1 atom stereocenters. The highest BCUT2D eigenvalue weighted by Gasteiger charge is 2.22. The van der Waals surface area contributed by atoms with E-state index in [1.165, 1.54) is 0 Å². The first-order valence-corrected chi connectivity index (χ1v) is 8.03. The quantitative estimate of drug-likeness (QED) is 0.741. The van der Waals surface area contributed by atoms with Gasteiger partial charge in [-0.05, 0) is 49.7 Å². The first-order valence-electron chi connectivity index (χ1n) is 8.03. The van der Waals surface area contributed by atoms with E-state index in [1.807, 2.05) is 31.2 Å². The lowest BCUT2D eigenvalue weighted by molar-refractivity contribution is 0.0813. The zero-order valence-electron chi connectivity index (χ0n) is 14.4. The minimum Gasteiger partial charge on any atom is -0.493 e. The molecule has 1 aliphatic rings. The molecule has 0 spiro atoms. The summed E-state index contributed by atoms with van der Waals surface area (Å²) in [4.78, 5) is 12.6. The number of allylic oxidation sites excluding steroid dienone is 1. The molecule has 130 valence electrons. The van der Waals surface area contributed by atoms with Crippen LogP contribution in [0.15, 0.2) is 42.5 Å². The second kappa shape index (κ2) is 7.30. The summed E-state index contributed by atoms with van der Waals surface area (Å²) in [6.45, 7) is 3.84. The average molecular weight is 340 g/mol. The molecular weight excluding hydrogens is 320 g/mol. The van der Waals surface area contributed by atoms with E-state index in [9.17, 15) is 4.79 Å². The molecule has 0 bridgehead atoms. The molecule has 5 heteroatoms. The van der Waals surface area contributed by atoms with Gasteiger partial charge in [0.25, 0.3) is 0 Å². The molecule has 0 aromatic heterocycles. The largest absolute Gasteiger partial charge is 0.493 e. The van der Waals surface area contributed by atoms with Crippen molar-refractivity contribution in [2.75, 3.05) is 13.9 Å². The maximum atomic E-state index is 12.6. The Morgan fingerprint density at radius 2 is 1.92 bits per heavy atom. The molecule has 1 aliphatic heterocycles. The molecule has 3 rings (SSSR count). The summed E-state index contributed by atoms with van der Waals surface area (Å²) in [5.41, 5.74) is 1.52. The molecule has 5 nitrogen and oxygen atoms in total. The first-order chi connectivity index (χ1) is 12.1. The third-order valence-electron chi connectivity index (χ3n) is 3.88. The van der Waals surface area contributed by atoms with Crippen molar-refractivity contribution in [3.05, 3.63) is 53.6 Å². The van der Waals surface area contributed by atoms with E-state index in [2.05, 4.69) is 0 Å². The minimum atomic E-state index is -0.665. The van der Waals surface area contributed by atoms with E-state index >= 15 is 0 Å². The van der Waals surface area contributed by atoms with Crippen LogP contribution in [0.2, 0.25) is 0 Å². The number of fused-ring (bicyclic) bond motifs is 1. The van der Waals surface area contributed by atoms with Gasteiger partial charge in [0.2, 0.25) is 12.6 Å². The first kappa shape index (κ1) is 16.9. The van der Waals surface area contributed by atoms with Gasteiger partial charge in [0.15, 0.2) is 29.1 Å². The van der Waals surface area contributed by atoms with E-state index in [0.717, 1.165) is 5.56 Å². The minimum absolute atomic E-state index is 0.141. The Balaban J connectivity index is 1.77. The Morgan fingerprint density at radius 1 is 1.12 bits per heavy atom. The van der Waals surface area contributed by atoms with E-state index in [0.29, 0.717) is 28.6 Å². The Hall–Kier alpha value is -2.95. The highest BCUT2D eigenvalue weighted by molar-refractivity contribution is 6.00. The molecule has 0 saturated heterocycles. The predicted molar refractivity (Wildman–Crippen MR) is 94.7 cm³/mol. The lowest BCUT2D eigenvalue weighted by atomic mass is 10.1. The summed E-state index contributed by atoms with van der Waals surface area (Å²) in [7, 11) is 1.58. The molecule has 0 saturated carbocycles. The summed E-state index contributed by atoms with van der Waals surface area (Å²) in [6.07, 6.45) is 3.25. The molecule has 2 aromatic carbocycles. The van der Waals surface area contributed by atoms with Gasteiger partial charge in [-0.3, -0.25) is 4.79 Å². The number of benzene rings is 2. The third kappa shape index (κ3) is 3.60. The Morgan fingerprint density at radius 3 is 2.68 bits per heavy atom. The number of hydrogen-bond acceptors (Lipinski definition) is 5. The zero-order chi connectivity index (χ0) is 17.8. The van der Waals surface area contributed by atoms with Gasteiger partial charge in [-0.25, -0.2) is 0 Å².